The first-order valence-electron chi connectivity index (χ1n) is 6.86. The second-order valence-corrected chi connectivity index (χ2v) is 11.1. The number of carbonyl (C=O) groups is 1. The molecule has 17 heavy (non-hydrogen) atoms. The molecule has 102 valence electrons. The topological polar surface area (TPSA) is 26.3 Å². The lowest BCUT2D eigenvalue weighted by Gasteiger charge is -2.38. The Labute approximate surface area is 108 Å². The fraction of sp³-hybridized carbons (Fsp3) is 0.929. The SMILES string of the molecule is CCCCC(O[Si](C)(C)C(C)(C)C)C(=O)CC. The van der Waals surface area contributed by atoms with E-state index in [-0.39, 0.29) is 16.9 Å². The van der Waals surface area contributed by atoms with Gasteiger partial charge in [0, 0.05) is 6.42 Å². The molecule has 0 heterocycles. The van der Waals surface area contributed by atoms with Gasteiger partial charge in [-0.25, -0.2) is 0 Å². The van der Waals surface area contributed by atoms with E-state index in [1.54, 1.807) is 0 Å². The van der Waals surface area contributed by atoms with Crippen LogP contribution in [0.15, 0.2) is 0 Å². The van der Waals surface area contributed by atoms with E-state index in [4.69, 9.17) is 4.43 Å². The number of Topliss-reactive ketones (excluding diaryl/α,β-unsaturated/α-hetero) is 1. The minimum absolute atomic E-state index is 0.166. The highest BCUT2D eigenvalue weighted by molar-refractivity contribution is 6.74. The Morgan fingerprint density at radius 1 is 1.24 bits per heavy atom. The van der Waals surface area contributed by atoms with Gasteiger partial charge >= 0.3 is 0 Å². The Morgan fingerprint density at radius 2 is 1.76 bits per heavy atom. The first kappa shape index (κ1) is 16.8. The van der Waals surface area contributed by atoms with Crippen molar-refractivity contribution in [3.8, 4) is 0 Å². The van der Waals surface area contributed by atoms with E-state index in [0.717, 1.165) is 19.3 Å². The summed E-state index contributed by atoms with van der Waals surface area (Å²) in [7, 11) is -1.82. The molecular weight excluding hydrogens is 228 g/mol. The molecule has 0 spiro atoms. The summed E-state index contributed by atoms with van der Waals surface area (Å²) in [5, 5.41) is 0.172. The van der Waals surface area contributed by atoms with Gasteiger partial charge in [-0.05, 0) is 24.6 Å². The molecule has 0 aliphatic heterocycles. The lowest BCUT2D eigenvalue weighted by Crippen LogP contribution is -2.46. The van der Waals surface area contributed by atoms with Crippen molar-refractivity contribution >= 4 is 14.1 Å². The van der Waals surface area contributed by atoms with Crippen LogP contribution in [0, 0.1) is 0 Å². The Bertz CT molecular complexity index is 241. The quantitative estimate of drug-likeness (QED) is 0.626. The zero-order chi connectivity index (χ0) is 13.7. The monoisotopic (exact) mass is 258 g/mol. The maximum absolute atomic E-state index is 11.9. The number of carbonyl (C=O) groups excluding carboxylic acids is 1. The lowest BCUT2D eigenvalue weighted by atomic mass is 10.1. The van der Waals surface area contributed by atoms with E-state index < -0.39 is 8.32 Å². The number of ketones is 1. The Kier molecular flexibility index (Phi) is 6.63. The predicted molar refractivity (Wildman–Crippen MR) is 76.9 cm³/mol. The molecule has 0 aliphatic carbocycles. The third-order valence-corrected chi connectivity index (χ3v) is 8.26. The van der Waals surface area contributed by atoms with E-state index in [1.165, 1.54) is 0 Å². The lowest BCUT2D eigenvalue weighted by molar-refractivity contribution is -0.126. The largest absolute Gasteiger partial charge is 0.407 e. The maximum Gasteiger partial charge on any atom is 0.193 e. The van der Waals surface area contributed by atoms with Crippen LogP contribution in [-0.2, 0) is 9.22 Å². The van der Waals surface area contributed by atoms with Crippen LogP contribution in [0.25, 0.3) is 0 Å². The Balaban J connectivity index is 4.68. The molecule has 0 N–H and O–H groups in total. The van der Waals surface area contributed by atoms with Crippen LogP contribution < -0.4 is 0 Å². The molecule has 1 atom stereocenters. The molecule has 0 aromatic carbocycles. The summed E-state index contributed by atoms with van der Waals surface area (Å²) < 4.78 is 6.25. The van der Waals surface area contributed by atoms with E-state index in [1.807, 2.05) is 6.92 Å². The average Bonchev–Trinajstić information content (AvgIpc) is 2.21. The molecule has 1 unspecified atom stereocenters. The highest BCUT2D eigenvalue weighted by Gasteiger charge is 2.40. The fourth-order valence-electron chi connectivity index (χ4n) is 1.44. The van der Waals surface area contributed by atoms with E-state index in [9.17, 15) is 4.79 Å². The molecule has 0 bridgehead atoms. The smallest absolute Gasteiger partial charge is 0.193 e. The predicted octanol–water partition coefficient (Wildman–Crippen LogP) is 4.55. The van der Waals surface area contributed by atoms with Gasteiger partial charge in [-0.2, -0.15) is 0 Å². The Morgan fingerprint density at radius 3 is 2.12 bits per heavy atom. The fourth-order valence-corrected chi connectivity index (χ4v) is 2.75. The van der Waals surface area contributed by atoms with Crippen LogP contribution in [-0.4, -0.2) is 20.2 Å². The summed E-state index contributed by atoms with van der Waals surface area (Å²) in [6.07, 6.45) is 3.50. The van der Waals surface area contributed by atoms with Gasteiger partial charge in [0.2, 0.25) is 0 Å². The van der Waals surface area contributed by atoms with Crippen LogP contribution in [0.1, 0.15) is 60.3 Å². The van der Waals surface area contributed by atoms with Gasteiger partial charge in [-0.3, -0.25) is 4.79 Å². The molecular formula is C14H30O2Si. The number of hydrogen-bond acceptors (Lipinski definition) is 2. The molecule has 0 aliphatic rings. The zero-order valence-corrected chi connectivity index (χ0v) is 13.7. The molecule has 0 amide bonds. The minimum Gasteiger partial charge on any atom is -0.407 e. The second-order valence-electron chi connectivity index (χ2n) is 6.33. The van der Waals surface area contributed by atoms with Crippen LogP contribution in [0.4, 0.5) is 0 Å². The highest BCUT2D eigenvalue weighted by Crippen LogP contribution is 2.37. The zero-order valence-electron chi connectivity index (χ0n) is 12.7. The summed E-state index contributed by atoms with van der Waals surface area (Å²) in [5.41, 5.74) is 0. The molecule has 2 nitrogen and oxygen atoms in total. The Hall–Kier alpha value is -0.153. The van der Waals surface area contributed by atoms with Crippen LogP contribution >= 0.6 is 0 Å². The number of rotatable bonds is 7. The van der Waals surface area contributed by atoms with Gasteiger partial charge in [0.05, 0.1) is 0 Å². The summed E-state index contributed by atoms with van der Waals surface area (Å²) in [6, 6.07) is 0. The van der Waals surface area contributed by atoms with Crippen LogP contribution in [0.2, 0.25) is 18.1 Å². The van der Waals surface area contributed by atoms with Crippen molar-refractivity contribution in [2.75, 3.05) is 0 Å². The van der Waals surface area contributed by atoms with E-state index >= 15 is 0 Å². The highest BCUT2D eigenvalue weighted by atomic mass is 28.4. The molecule has 0 fully saturated rings. The van der Waals surface area contributed by atoms with Crippen molar-refractivity contribution in [2.45, 2.75) is 84.5 Å². The van der Waals surface area contributed by atoms with Crippen LogP contribution in [0.5, 0.6) is 0 Å². The van der Waals surface area contributed by atoms with Gasteiger partial charge in [0.25, 0.3) is 0 Å². The van der Waals surface area contributed by atoms with Crippen molar-refractivity contribution in [2.24, 2.45) is 0 Å². The van der Waals surface area contributed by atoms with Gasteiger partial charge in [0.15, 0.2) is 14.1 Å². The normalized spacial score (nSPS) is 14.8. The standard InChI is InChI=1S/C14H30O2Si/c1-8-10-11-13(12(15)9-2)16-17(6,7)14(3,4)5/h13H,8-11H2,1-7H3. The molecule has 3 heteroatoms. The average molecular weight is 258 g/mol. The van der Waals surface area contributed by atoms with Crippen molar-refractivity contribution in [3.05, 3.63) is 0 Å². The van der Waals surface area contributed by atoms with Gasteiger partial charge in [-0.1, -0.05) is 47.5 Å². The van der Waals surface area contributed by atoms with Gasteiger partial charge in [0.1, 0.15) is 6.10 Å². The summed E-state index contributed by atoms with van der Waals surface area (Å²) in [4.78, 5) is 11.9. The number of hydrogen-bond donors (Lipinski definition) is 0. The van der Waals surface area contributed by atoms with Crippen molar-refractivity contribution < 1.29 is 9.22 Å². The summed E-state index contributed by atoms with van der Waals surface area (Å²) in [5.74, 6) is 0.267. The molecule has 0 aromatic rings. The first-order valence-corrected chi connectivity index (χ1v) is 9.77. The van der Waals surface area contributed by atoms with Crippen molar-refractivity contribution in [3.63, 3.8) is 0 Å². The second kappa shape index (κ2) is 6.69. The third-order valence-electron chi connectivity index (χ3n) is 3.77. The molecule has 0 saturated heterocycles. The minimum atomic E-state index is -1.82. The first-order chi connectivity index (χ1) is 7.65. The van der Waals surface area contributed by atoms with Crippen molar-refractivity contribution in [1.29, 1.82) is 0 Å². The summed E-state index contributed by atoms with van der Waals surface area (Å²) >= 11 is 0. The maximum atomic E-state index is 11.9. The molecule has 0 aromatic heterocycles. The summed E-state index contributed by atoms with van der Waals surface area (Å²) in [6.45, 7) is 15.2. The van der Waals surface area contributed by atoms with Crippen LogP contribution in [0.3, 0.4) is 0 Å². The van der Waals surface area contributed by atoms with Gasteiger partial charge in [-0.15, -0.1) is 0 Å². The number of unbranched alkanes of at least 4 members (excludes halogenated alkanes) is 1. The molecule has 0 saturated carbocycles. The molecule has 0 radical (unpaired) electrons. The van der Waals surface area contributed by atoms with Gasteiger partial charge < -0.3 is 4.43 Å². The molecule has 0 rings (SSSR count). The van der Waals surface area contributed by atoms with Crippen molar-refractivity contribution in [1.82, 2.24) is 0 Å². The van der Waals surface area contributed by atoms with E-state index in [0.29, 0.717) is 6.42 Å². The third kappa shape index (κ3) is 5.34. The van der Waals surface area contributed by atoms with E-state index in [2.05, 4.69) is 40.8 Å².